The van der Waals surface area contributed by atoms with Crippen molar-refractivity contribution in [2.75, 3.05) is 13.7 Å². The molecule has 18 heavy (non-hydrogen) atoms. The summed E-state index contributed by atoms with van der Waals surface area (Å²) in [4.78, 5) is 13.6. The van der Waals surface area contributed by atoms with Gasteiger partial charge in [0.15, 0.2) is 6.61 Å². The summed E-state index contributed by atoms with van der Waals surface area (Å²) in [6, 6.07) is 5.66. The zero-order chi connectivity index (χ0) is 13.1. The van der Waals surface area contributed by atoms with Crippen LogP contribution >= 0.6 is 11.6 Å². The number of likely N-dealkylation sites (N-methyl/N-ethyl adjacent to an activating group) is 1. The van der Waals surface area contributed by atoms with E-state index in [0.29, 0.717) is 23.4 Å². The van der Waals surface area contributed by atoms with Crippen LogP contribution in [-0.4, -0.2) is 30.5 Å². The quantitative estimate of drug-likeness (QED) is 0.886. The molecule has 5 heteroatoms. The first-order chi connectivity index (χ1) is 8.61. The Kier molecular flexibility index (Phi) is 4.09. The lowest BCUT2D eigenvalue weighted by atomic mass is 10.2. The number of halogens is 1. The number of carbonyl (C=O) groups is 1. The highest BCUT2D eigenvalue weighted by Crippen LogP contribution is 2.26. The van der Waals surface area contributed by atoms with Crippen molar-refractivity contribution >= 4 is 17.5 Å². The van der Waals surface area contributed by atoms with Crippen LogP contribution in [0.25, 0.3) is 0 Å². The van der Waals surface area contributed by atoms with Crippen LogP contribution in [0.2, 0.25) is 5.02 Å². The van der Waals surface area contributed by atoms with Gasteiger partial charge < -0.3 is 15.4 Å². The third kappa shape index (κ3) is 3.15. The van der Waals surface area contributed by atoms with E-state index in [0.717, 1.165) is 18.4 Å². The van der Waals surface area contributed by atoms with Gasteiger partial charge in [0, 0.05) is 30.2 Å². The molecule has 0 unspecified atom stereocenters. The van der Waals surface area contributed by atoms with Crippen LogP contribution in [0.1, 0.15) is 18.4 Å². The molecule has 0 spiro atoms. The highest BCUT2D eigenvalue weighted by molar-refractivity contribution is 6.30. The van der Waals surface area contributed by atoms with Crippen molar-refractivity contribution in [2.45, 2.75) is 25.4 Å². The van der Waals surface area contributed by atoms with Crippen molar-refractivity contribution in [1.82, 2.24) is 4.90 Å². The number of nitrogens with two attached hydrogens (primary N) is 1. The van der Waals surface area contributed by atoms with Gasteiger partial charge in [0.05, 0.1) is 0 Å². The summed E-state index contributed by atoms with van der Waals surface area (Å²) in [5, 5.41) is 0.574. The zero-order valence-corrected chi connectivity index (χ0v) is 11.1. The number of carbonyl (C=O) groups excluding carboxylic acids is 1. The summed E-state index contributed by atoms with van der Waals surface area (Å²) in [5.74, 6) is 0.572. The third-order valence-electron chi connectivity index (χ3n) is 3.09. The second-order valence-corrected chi connectivity index (χ2v) is 4.92. The summed E-state index contributed by atoms with van der Waals surface area (Å²) in [7, 11) is 1.81. The molecule has 0 aliphatic heterocycles. The minimum absolute atomic E-state index is 0.0135. The molecule has 1 aromatic carbocycles. The monoisotopic (exact) mass is 268 g/mol. The summed E-state index contributed by atoms with van der Waals surface area (Å²) in [5.41, 5.74) is 6.46. The molecule has 1 aromatic rings. The van der Waals surface area contributed by atoms with E-state index in [1.807, 2.05) is 13.1 Å². The molecule has 2 rings (SSSR count). The van der Waals surface area contributed by atoms with Crippen molar-refractivity contribution in [3.05, 3.63) is 28.8 Å². The van der Waals surface area contributed by atoms with Gasteiger partial charge in [-0.25, -0.2) is 0 Å². The summed E-state index contributed by atoms with van der Waals surface area (Å²) < 4.78 is 5.51. The average Bonchev–Trinajstić information content (AvgIpc) is 3.19. The van der Waals surface area contributed by atoms with Gasteiger partial charge in [0.2, 0.25) is 0 Å². The maximum absolute atomic E-state index is 11.8. The van der Waals surface area contributed by atoms with Crippen LogP contribution < -0.4 is 10.5 Å². The first-order valence-corrected chi connectivity index (χ1v) is 6.36. The lowest BCUT2D eigenvalue weighted by molar-refractivity contribution is -0.132. The molecule has 1 saturated carbocycles. The molecule has 0 heterocycles. The third-order valence-corrected chi connectivity index (χ3v) is 3.32. The molecule has 4 nitrogen and oxygen atoms in total. The highest BCUT2D eigenvalue weighted by Gasteiger charge is 2.29. The smallest absolute Gasteiger partial charge is 0.260 e. The lowest BCUT2D eigenvalue weighted by Crippen LogP contribution is -2.33. The minimum atomic E-state index is -0.0135. The van der Waals surface area contributed by atoms with Crippen LogP contribution in [0.5, 0.6) is 5.75 Å². The van der Waals surface area contributed by atoms with Crippen LogP contribution in [-0.2, 0) is 11.3 Å². The van der Waals surface area contributed by atoms with Gasteiger partial charge in [-0.2, -0.15) is 0 Å². The van der Waals surface area contributed by atoms with E-state index in [4.69, 9.17) is 22.1 Å². The van der Waals surface area contributed by atoms with Crippen molar-refractivity contribution in [3.63, 3.8) is 0 Å². The summed E-state index contributed by atoms with van der Waals surface area (Å²) in [6.07, 6.45) is 2.18. The normalized spacial score (nSPS) is 14.4. The molecule has 0 radical (unpaired) electrons. The molecule has 1 aliphatic rings. The molecular weight excluding hydrogens is 252 g/mol. The van der Waals surface area contributed by atoms with Gasteiger partial charge in [0.25, 0.3) is 5.91 Å². The van der Waals surface area contributed by atoms with Crippen LogP contribution in [0.15, 0.2) is 18.2 Å². The summed E-state index contributed by atoms with van der Waals surface area (Å²) in [6.45, 7) is 0.388. The van der Waals surface area contributed by atoms with Crippen molar-refractivity contribution in [1.29, 1.82) is 0 Å². The van der Waals surface area contributed by atoms with Gasteiger partial charge in [-0.05, 0) is 25.0 Å². The molecule has 1 aliphatic carbocycles. The van der Waals surface area contributed by atoms with E-state index < -0.39 is 0 Å². The predicted molar refractivity (Wildman–Crippen MR) is 70.6 cm³/mol. The van der Waals surface area contributed by atoms with E-state index in [-0.39, 0.29) is 12.5 Å². The predicted octanol–water partition coefficient (Wildman–Crippen LogP) is 1.80. The molecule has 1 amide bonds. The average molecular weight is 269 g/mol. The van der Waals surface area contributed by atoms with E-state index in [2.05, 4.69) is 0 Å². The van der Waals surface area contributed by atoms with Crippen LogP contribution in [0, 0.1) is 0 Å². The molecule has 0 saturated heterocycles. The standard InChI is InChI=1S/C13H17ClN2O2/c1-16(11-4-5-11)13(17)8-18-12-6-10(14)3-2-9(12)7-15/h2-3,6,11H,4-5,7-8,15H2,1H3. The maximum Gasteiger partial charge on any atom is 0.260 e. The maximum atomic E-state index is 11.8. The number of hydrogen-bond acceptors (Lipinski definition) is 3. The van der Waals surface area contributed by atoms with Crippen LogP contribution in [0.3, 0.4) is 0 Å². The zero-order valence-electron chi connectivity index (χ0n) is 10.4. The Hall–Kier alpha value is -1.26. The fourth-order valence-corrected chi connectivity index (χ4v) is 1.90. The van der Waals surface area contributed by atoms with Gasteiger partial charge in [0.1, 0.15) is 5.75 Å². The molecule has 0 aromatic heterocycles. The van der Waals surface area contributed by atoms with Crippen molar-refractivity contribution < 1.29 is 9.53 Å². The molecule has 0 atom stereocenters. The SMILES string of the molecule is CN(C(=O)COc1cc(Cl)ccc1CN)C1CC1. The number of rotatable bonds is 5. The second-order valence-electron chi connectivity index (χ2n) is 4.48. The van der Waals surface area contributed by atoms with Crippen molar-refractivity contribution in [3.8, 4) is 5.75 Å². The first kappa shape index (κ1) is 13.2. The molecule has 98 valence electrons. The first-order valence-electron chi connectivity index (χ1n) is 5.98. The second kappa shape index (κ2) is 5.59. The Balaban J connectivity index is 1.96. The topological polar surface area (TPSA) is 55.6 Å². The number of amides is 1. The Morgan fingerprint density at radius 2 is 2.28 bits per heavy atom. The fourth-order valence-electron chi connectivity index (χ4n) is 1.74. The van der Waals surface area contributed by atoms with E-state index in [1.165, 1.54) is 0 Å². The van der Waals surface area contributed by atoms with Gasteiger partial charge in [-0.15, -0.1) is 0 Å². The summed E-state index contributed by atoms with van der Waals surface area (Å²) >= 11 is 5.90. The Morgan fingerprint density at radius 1 is 1.56 bits per heavy atom. The Bertz CT molecular complexity index is 447. The highest BCUT2D eigenvalue weighted by atomic mass is 35.5. The minimum Gasteiger partial charge on any atom is -0.483 e. The molecule has 1 fully saturated rings. The Labute approximate surface area is 112 Å². The molecular formula is C13H17ClN2O2. The number of nitrogens with zero attached hydrogens (tertiary/aromatic N) is 1. The lowest BCUT2D eigenvalue weighted by Gasteiger charge is -2.17. The van der Waals surface area contributed by atoms with E-state index in [1.54, 1.807) is 17.0 Å². The van der Waals surface area contributed by atoms with Crippen molar-refractivity contribution in [2.24, 2.45) is 5.73 Å². The molecule has 0 bridgehead atoms. The number of benzene rings is 1. The number of ether oxygens (including phenoxy) is 1. The van der Waals surface area contributed by atoms with Gasteiger partial charge >= 0.3 is 0 Å². The van der Waals surface area contributed by atoms with Gasteiger partial charge in [-0.3, -0.25) is 4.79 Å². The van der Waals surface area contributed by atoms with Gasteiger partial charge in [-0.1, -0.05) is 17.7 Å². The molecule has 2 N–H and O–H groups in total. The van der Waals surface area contributed by atoms with E-state index in [9.17, 15) is 4.79 Å². The Morgan fingerprint density at radius 3 is 2.89 bits per heavy atom. The van der Waals surface area contributed by atoms with E-state index >= 15 is 0 Å². The van der Waals surface area contributed by atoms with Crippen LogP contribution in [0.4, 0.5) is 0 Å². The largest absolute Gasteiger partial charge is 0.483 e. The number of hydrogen-bond donors (Lipinski definition) is 1. The fraction of sp³-hybridized carbons (Fsp3) is 0.462.